The molecule has 0 spiro atoms. The lowest BCUT2D eigenvalue weighted by atomic mass is 10.3. The van der Waals surface area contributed by atoms with E-state index in [0.717, 1.165) is 10.7 Å². The van der Waals surface area contributed by atoms with Crippen molar-refractivity contribution in [3.63, 3.8) is 0 Å². The van der Waals surface area contributed by atoms with Crippen molar-refractivity contribution in [2.75, 3.05) is 12.3 Å². The van der Waals surface area contributed by atoms with Gasteiger partial charge in [-0.3, -0.25) is 0 Å². The van der Waals surface area contributed by atoms with E-state index >= 15 is 0 Å². The van der Waals surface area contributed by atoms with Crippen LogP contribution in [0.1, 0.15) is 10.7 Å². The highest BCUT2D eigenvalue weighted by atomic mass is 32.1. The van der Waals surface area contributed by atoms with E-state index in [0.29, 0.717) is 11.4 Å². The van der Waals surface area contributed by atoms with Crippen molar-refractivity contribution in [2.45, 2.75) is 13.5 Å². The molecule has 2 rings (SSSR count). The van der Waals surface area contributed by atoms with Gasteiger partial charge in [0, 0.05) is 17.1 Å². The highest BCUT2D eigenvalue weighted by Crippen LogP contribution is 2.14. The lowest BCUT2D eigenvalue weighted by Crippen LogP contribution is -2.14. The lowest BCUT2D eigenvalue weighted by Gasteiger charge is -2.06. The number of carbonyl (C=O) groups is 1. The fourth-order valence-electron chi connectivity index (χ4n) is 1.42. The number of hydrogen-bond donors (Lipinski definition) is 1. The minimum atomic E-state index is -0.437. The Labute approximate surface area is 115 Å². The number of carbonyl (C=O) groups excluding carboxylic acids is 1. The summed E-state index contributed by atoms with van der Waals surface area (Å²) in [6.45, 7) is 1.93. The summed E-state index contributed by atoms with van der Waals surface area (Å²) < 4.78 is 10.3. The number of nitrogens with two attached hydrogens (primary N) is 1. The molecular formula is C13H14N2O3S. The number of ether oxygens (including phenoxy) is 2. The number of esters is 1. The summed E-state index contributed by atoms with van der Waals surface area (Å²) in [5, 5.41) is 2.81. The maximum absolute atomic E-state index is 11.5. The normalized spacial score (nSPS) is 10.2. The number of benzene rings is 1. The van der Waals surface area contributed by atoms with E-state index in [4.69, 9.17) is 15.2 Å². The van der Waals surface area contributed by atoms with Gasteiger partial charge in [0.15, 0.2) is 6.61 Å². The second-order valence-corrected chi connectivity index (χ2v) is 4.94. The fraction of sp³-hybridized carbons (Fsp3) is 0.231. The molecule has 0 saturated heterocycles. The van der Waals surface area contributed by atoms with Crippen LogP contribution in [0.25, 0.3) is 0 Å². The van der Waals surface area contributed by atoms with E-state index < -0.39 is 5.97 Å². The quantitative estimate of drug-likeness (QED) is 0.670. The highest BCUT2D eigenvalue weighted by Gasteiger charge is 2.06. The molecule has 0 saturated carbocycles. The average Bonchev–Trinajstić information content (AvgIpc) is 2.80. The van der Waals surface area contributed by atoms with Gasteiger partial charge in [-0.25, -0.2) is 9.78 Å². The largest absolute Gasteiger partial charge is 0.482 e. The third kappa shape index (κ3) is 4.26. The number of rotatable bonds is 5. The SMILES string of the molecule is Cc1nc(COC(=O)COc2cccc(N)c2)cs1. The summed E-state index contributed by atoms with van der Waals surface area (Å²) in [4.78, 5) is 15.7. The Hall–Kier alpha value is -2.08. The summed E-state index contributed by atoms with van der Waals surface area (Å²) in [6.07, 6.45) is 0. The molecule has 0 radical (unpaired) electrons. The maximum atomic E-state index is 11.5. The molecule has 5 nitrogen and oxygen atoms in total. The first kappa shape index (κ1) is 13.4. The van der Waals surface area contributed by atoms with Gasteiger partial charge < -0.3 is 15.2 Å². The van der Waals surface area contributed by atoms with Crippen molar-refractivity contribution in [1.82, 2.24) is 4.98 Å². The Morgan fingerprint density at radius 1 is 1.47 bits per heavy atom. The lowest BCUT2D eigenvalue weighted by molar-refractivity contribution is -0.147. The third-order valence-electron chi connectivity index (χ3n) is 2.26. The number of aromatic nitrogens is 1. The Bertz CT molecular complexity index is 569. The first-order valence-corrected chi connectivity index (χ1v) is 6.56. The van der Waals surface area contributed by atoms with E-state index in [-0.39, 0.29) is 13.2 Å². The van der Waals surface area contributed by atoms with Crippen molar-refractivity contribution in [3.8, 4) is 5.75 Å². The van der Waals surface area contributed by atoms with Crippen LogP contribution in [0.2, 0.25) is 0 Å². The Morgan fingerprint density at radius 2 is 2.32 bits per heavy atom. The molecule has 1 aromatic heterocycles. The first-order chi connectivity index (χ1) is 9.13. The van der Waals surface area contributed by atoms with Crippen LogP contribution in [0.4, 0.5) is 5.69 Å². The van der Waals surface area contributed by atoms with Gasteiger partial charge in [0.2, 0.25) is 0 Å². The van der Waals surface area contributed by atoms with Crippen LogP contribution >= 0.6 is 11.3 Å². The molecule has 0 amide bonds. The minimum Gasteiger partial charge on any atom is -0.482 e. The van der Waals surface area contributed by atoms with Gasteiger partial charge in [0.05, 0.1) is 10.7 Å². The van der Waals surface area contributed by atoms with E-state index in [1.54, 1.807) is 24.3 Å². The van der Waals surface area contributed by atoms with Crippen molar-refractivity contribution >= 4 is 23.0 Å². The molecule has 2 N–H and O–H groups in total. The molecule has 6 heteroatoms. The van der Waals surface area contributed by atoms with Crippen LogP contribution in [-0.4, -0.2) is 17.6 Å². The second kappa shape index (κ2) is 6.19. The zero-order valence-electron chi connectivity index (χ0n) is 10.5. The van der Waals surface area contributed by atoms with Gasteiger partial charge >= 0.3 is 5.97 Å². The Balaban J connectivity index is 1.75. The number of thiazole rings is 1. The van der Waals surface area contributed by atoms with E-state index in [1.165, 1.54) is 11.3 Å². The molecule has 0 bridgehead atoms. The van der Waals surface area contributed by atoms with Crippen molar-refractivity contribution in [3.05, 3.63) is 40.3 Å². The highest BCUT2D eigenvalue weighted by molar-refractivity contribution is 7.09. The topological polar surface area (TPSA) is 74.4 Å². The number of anilines is 1. The molecule has 1 heterocycles. The number of hydrogen-bond acceptors (Lipinski definition) is 6. The predicted octanol–water partition coefficient (Wildman–Crippen LogP) is 2.16. The van der Waals surface area contributed by atoms with Gasteiger partial charge in [-0.1, -0.05) is 6.07 Å². The zero-order valence-corrected chi connectivity index (χ0v) is 11.3. The van der Waals surface area contributed by atoms with Crippen LogP contribution in [0.3, 0.4) is 0 Å². The van der Waals surface area contributed by atoms with Gasteiger partial charge in [-0.05, 0) is 19.1 Å². The summed E-state index contributed by atoms with van der Waals surface area (Å²) in [5.41, 5.74) is 6.94. The van der Waals surface area contributed by atoms with Gasteiger partial charge in [0.1, 0.15) is 12.4 Å². The van der Waals surface area contributed by atoms with E-state index in [9.17, 15) is 4.79 Å². The summed E-state index contributed by atoms with van der Waals surface area (Å²) in [7, 11) is 0. The molecule has 1 aromatic carbocycles. The standard InChI is InChI=1S/C13H14N2O3S/c1-9-15-11(8-19-9)6-18-13(16)7-17-12-4-2-3-10(14)5-12/h2-5,8H,6-7,14H2,1H3. The molecule has 2 aromatic rings. The monoisotopic (exact) mass is 278 g/mol. The van der Waals surface area contributed by atoms with Crippen LogP contribution in [0.15, 0.2) is 29.6 Å². The number of aryl methyl sites for hydroxylation is 1. The van der Waals surface area contributed by atoms with Crippen LogP contribution < -0.4 is 10.5 Å². The fourth-order valence-corrected chi connectivity index (χ4v) is 2.01. The molecule has 0 atom stereocenters. The van der Waals surface area contributed by atoms with Crippen LogP contribution in [0, 0.1) is 6.92 Å². The molecule has 19 heavy (non-hydrogen) atoms. The molecular weight excluding hydrogens is 264 g/mol. The van der Waals surface area contributed by atoms with Crippen molar-refractivity contribution in [2.24, 2.45) is 0 Å². The van der Waals surface area contributed by atoms with Crippen molar-refractivity contribution < 1.29 is 14.3 Å². The third-order valence-corrected chi connectivity index (χ3v) is 3.08. The van der Waals surface area contributed by atoms with Gasteiger partial charge in [-0.15, -0.1) is 11.3 Å². The minimum absolute atomic E-state index is 0.146. The van der Waals surface area contributed by atoms with Crippen LogP contribution in [0.5, 0.6) is 5.75 Å². The molecule has 0 fully saturated rings. The molecule has 0 aliphatic rings. The van der Waals surface area contributed by atoms with E-state index in [2.05, 4.69) is 4.98 Å². The van der Waals surface area contributed by atoms with Crippen molar-refractivity contribution in [1.29, 1.82) is 0 Å². The summed E-state index contributed by atoms with van der Waals surface area (Å²) in [5.74, 6) is 0.106. The predicted molar refractivity (Wildman–Crippen MR) is 73.0 cm³/mol. The second-order valence-electron chi connectivity index (χ2n) is 3.88. The van der Waals surface area contributed by atoms with Gasteiger partial charge in [-0.2, -0.15) is 0 Å². The number of nitrogens with zero attached hydrogens (tertiary/aromatic N) is 1. The Kier molecular flexibility index (Phi) is 4.35. The molecule has 0 aliphatic heterocycles. The van der Waals surface area contributed by atoms with Crippen LogP contribution in [-0.2, 0) is 16.1 Å². The summed E-state index contributed by atoms with van der Waals surface area (Å²) in [6, 6.07) is 6.88. The zero-order chi connectivity index (χ0) is 13.7. The Morgan fingerprint density at radius 3 is 3.00 bits per heavy atom. The number of nitrogen functional groups attached to an aromatic ring is 1. The molecule has 100 valence electrons. The first-order valence-electron chi connectivity index (χ1n) is 5.68. The van der Waals surface area contributed by atoms with E-state index in [1.807, 2.05) is 12.3 Å². The molecule has 0 aliphatic carbocycles. The maximum Gasteiger partial charge on any atom is 0.344 e. The smallest absolute Gasteiger partial charge is 0.344 e. The summed E-state index contributed by atoms with van der Waals surface area (Å²) >= 11 is 1.52. The molecule has 0 unspecified atom stereocenters. The average molecular weight is 278 g/mol. The van der Waals surface area contributed by atoms with Gasteiger partial charge in [0.25, 0.3) is 0 Å².